The number of pyridine rings is 1. The molecule has 2 aromatic heterocycles. The van der Waals surface area contributed by atoms with Gasteiger partial charge < -0.3 is 14.8 Å². The van der Waals surface area contributed by atoms with Crippen LogP contribution >= 0.6 is 23.8 Å². The zero-order valence-electron chi connectivity index (χ0n) is 14.6. The van der Waals surface area contributed by atoms with Crippen LogP contribution in [0.4, 0.5) is 4.39 Å². The van der Waals surface area contributed by atoms with Gasteiger partial charge in [-0.25, -0.2) is 4.39 Å². The van der Waals surface area contributed by atoms with Crippen LogP contribution in [-0.4, -0.2) is 26.1 Å². The molecule has 138 valence electrons. The molecule has 0 saturated carbocycles. The number of hydrogen-bond acceptors (Lipinski definition) is 2. The summed E-state index contributed by atoms with van der Waals surface area (Å²) in [5.41, 5.74) is 2.75. The Morgan fingerprint density at radius 2 is 2.07 bits per heavy atom. The maximum Gasteiger partial charge on any atom is 0.170 e. The maximum atomic E-state index is 13.6. The number of benzene rings is 1. The predicted octanol–water partition coefficient (Wildman–Crippen LogP) is 4.66. The number of likely N-dealkylation sites (N-methyl/N-ethyl adjacent to an activating group) is 1. The monoisotopic (exact) mass is 400 g/mol. The van der Waals surface area contributed by atoms with Gasteiger partial charge in [0, 0.05) is 30.3 Å². The Kier molecular flexibility index (Phi) is 4.85. The van der Waals surface area contributed by atoms with Crippen LogP contribution in [0.1, 0.15) is 30.4 Å². The molecule has 0 aliphatic carbocycles. The quantitative estimate of drug-likeness (QED) is 0.646. The molecule has 1 N–H and O–H groups in total. The van der Waals surface area contributed by atoms with E-state index in [1.165, 1.54) is 6.07 Å². The van der Waals surface area contributed by atoms with Crippen LogP contribution in [0.5, 0.6) is 0 Å². The van der Waals surface area contributed by atoms with E-state index in [4.69, 9.17) is 23.8 Å². The molecule has 7 heteroatoms. The minimum Gasteiger partial charge on any atom is -0.352 e. The first kappa shape index (κ1) is 17.9. The fourth-order valence-electron chi connectivity index (χ4n) is 3.57. The molecular formula is C20H18ClFN4S. The van der Waals surface area contributed by atoms with Crippen molar-refractivity contribution in [2.45, 2.75) is 19.0 Å². The molecule has 3 aromatic rings. The first-order valence-electron chi connectivity index (χ1n) is 8.71. The van der Waals surface area contributed by atoms with Gasteiger partial charge in [-0.3, -0.25) is 4.98 Å². The van der Waals surface area contributed by atoms with Gasteiger partial charge in [-0.1, -0.05) is 17.7 Å². The Hall–Kier alpha value is -2.44. The summed E-state index contributed by atoms with van der Waals surface area (Å²) in [4.78, 5) is 6.67. The molecule has 0 bridgehead atoms. The van der Waals surface area contributed by atoms with E-state index in [1.807, 2.05) is 35.0 Å². The molecule has 0 amide bonds. The summed E-state index contributed by atoms with van der Waals surface area (Å²) in [5.74, 6) is -0.431. The Morgan fingerprint density at radius 1 is 1.22 bits per heavy atom. The average Bonchev–Trinajstić information content (AvgIpc) is 3.28. The zero-order chi connectivity index (χ0) is 19.0. The molecule has 27 heavy (non-hydrogen) atoms. The standard InChI is InChI=1S/C20H18ClFN4S/c1-2-25-19(18(24-20(25)27)16-6-3-4-10-23-16)17-7-5-11-26(17)13-8-9-15(22)14(21)12-13/h3-12,18-19H,2H2,1H3,(H,24,27)/t18-,19+/m0/s1. The van der Waals surface area contributed by atoms with E-state index in [1.54, 1.807) is 18.3 Å². The lowest BCUT2D eigenvalue weighted by Crippen LogP contribution is -2.30. The van der Waals surface area contributed by atoms with Crippen LogP contribution in [0.2, 0.25) is 5.02 Å². The number of hydrogen-bond donors (Lipinski definition) is 1. The minimum atomic E-state index is -0.431. The molecule has 1 aromatic carbocycles. The normalized spacial score (nSPS) is 19.4. The SMILES string of the molecule is CCN1C(=S)N[C@@H](c2ccccn2)[C@H]1c1cccn1-c1ccc(F)c(Cl)c1. The highest BCUT2D eigenvalue weighted by atomic mass is 35.5. The molecule has 3 heterocycles. The second kappa shape index (κ2) is 7.29. The van der Waals surface area contributed by atoms with Crippen LogP contribution in [0.3, 0.4) is 0 Å². The zero-order valence-corrected chi connectivity index (χ0v) is 16.2. The number of aromatic nitrogens is 2. The lowest BCUT2D eigenvalue weighted by molar-refractivity contribution is 0.321. The average molecular weight is 401 g/mol. The largest absolute Gasteiger partial charge is 0.352 e. The molecule has 4 nitrogen and oxygen atoms in total. The highest BCUT2D eigenvalue weighted by Crippen LogP contribution is 2.39. The molecule has 0 radical (unpaired) electrons. The number of nitrogens with zero attached hydrogens (tertiary/aromatic N) is 3. The number of rotatable bonds is 4. The summed E-state index contributed by atoms with van der Waals surface area (Å²) in [7, 11) is 0. The number of thiocarbonyl (C=S) groups is 1. The minimum absolute atomic E-state index is 0.0452. The van der Waals surface area contributed by atoms with Gasteiger partial charge in [0.05, 0.1) is 22.8 Å². The van der Waals surface area contributed by atoms with Crippen LogP contribution in [0.25, 0.3) is 5.69 Å². The van der Waals surface area contributed by atoms with E-state index in [-0.39, 0.29) is 17.1 Å². The summed E-state index contributed by atoms with van der Waals surface area (Å²) in [5, 5.41) is 4.20. The van der Waals surface area contributed by atoms with E-state index < -0.39 is 5.82 Å². The molecule has 0 unspecified atom stereocenters. The van der Waals surface area contributed by atoms with Crippen molar-refractivity contribution in [3.63, 3.8) is 0 Å². The topological polar surface area (TPSA) is 33.1 Å². The van der Waals surface area contributed by atoms with Crippen LogP contribution < -0.4 is 5.32 Å². The van der Waals surface area contributed by atoms with Gasteiger partial charge in [0.15, 0.2) is 5.11 Å². The summed E-state index contributed by atoms with van der Waals surface area (Å²) in [6.45, 7) is 2.83. The second-order valence-electron chi connectivity index (χ2n) is 6.31. The molecule has 1 fully saturated rings. The van der Waals surface area contributed by atoms with E-state index in [2.05, 4.69) is 28.2 Å². The van der Waals surface area contributed by atoms with E-state index in [0.717, 1.165) is 23.6 Å². The Labute approximate surface area is 167 Å². The number of halogens is 2. The fourth-order valence-corrected chi connectivity index (χ4v) is 4.12. The van der Waals surface area contributed by atoms with Crippen molar-refractivity contribution in [2.75, 3.05) is 6.54 Å². The van der Waals surface area contributed by atoms with Crippen molar-refractivity contribution in [3.8, 4) is 5.69 Å². The lowest BCUT2D eigenvalue weighted by Gasteiger charge is -2.28. The molecule has 2 atom stereocenters. The summed E-state index contributed by atoms with van der Waals surface area (Å²) in [6, 6.07) is 14.5. The lowest BCUT2D eigenvalue weighted by atomic mass is 10.0. The van der Waals surface area contributed by atoms with Crippen molar-refractivity contribution in [1.82, 2.24) is 19.8 Å². The predicted molar refractivity (Wildman–Crippen MR) is 109 cm³/mol. The molecule has 0 spiro atoms. The van der Waals surface area contributed by atoms with E-state index >= 15 is 0 Å². The van der Waals surface area contributed by atoms with Gasteiger partial charge >= 0.3 is 0 Å². The van der Waals surface area contributed by atoms with Crippen molar-refractivity contribution in [1.29, 1.82) is 0 Å². The molecular weight excluding hydrogens is 383 g/mol. The van der Waals surface area contributed by atoms with Gasteiger partial charge in [0.1, 0.15) is 5.82 Å². The summed E-state index contributed by atoms with van der Waals surface area (Å²) >= 11 is 11.6. The van der Waals surface area contributed by atoms with Crippen molar-refractivity contribution < 1.29 is 4.39 Å². The molecule has 1 saturated heterocycles. The van der Waals surface area contributed by atoms with Crippen molar-refractivity contribution in [3.05, 3.63) is 83.2 Å². The van der Waals surface area contributed by atoms with Gasteiger partial charge in [-0.2, -0.15) is 0 Å². The van der Waals surface area contributed by atoms with Crippen molar-refractivity contribution in [2.24, 2.45) is 0 Å². The van der Waals surface area contributed by atoms with Gasteiger partial charge in [0.25, 0.3) is 0 Å². The first-order chi connectivity index (χ1) is 13.1. The third kappa shape index (κ3) is 3.19. The van der Waals surface area contributed by atoms with Gasteiger partial charge in [-0.15, -0.1) is 0 Å². The third-order valence-electron chi connectivity index (χ3n) is 4.80. The van der Waals surface area contributed by atoms with Gasteiger partial charge in [-0.05, 0) is 61.6 Å². The van der Waals surface area contributed by atoms with E-state index in [0.29, 0.717) is 5.11 Å². The molecule has 1 aliphatic heterocycles. The second-order valence-corrected chi connectivity index (χ2v) is 7.11. The Bertz CT molecular complexity index is 975. The molecule has 4 rings (SSSR count). The van der Waals surface area contributed by atoms with Crippen LogP contribution in [0, 0.1) is 5.82 Å². The Morgan fingerprint density at radius 3 is 2.78 bits per heavy atom. The maximum absolute atomic E-state index is 13.6. The summed E-state index contributed by atoms with van der Waals surface area (Å²) < 4.78 is 15.6. The van der Waals surface area contributed by atoms with Crippen LogP contribution in [-0.2, 0) is 0 Å². The Balaban J connectivity index is 1.81. The number of nitrogens with one attached hydrogen (secondary N) is 1. The fraction of sp³-hybridized carbons (Fsp3) is 0.200. The molecule has 1 aliphatic rings. The van der Waals surface area contributed by atoms with Crippen molar-refractivity contribution >= 4 is 28.9 Å². The first-order valence-corrected chi connectivity index (χ1v) is 9.49. The van der Waals surface area contributed by atoms with E-state index in [9.17, 15) is 4.39 Å². The highest BCUT2D eigenvalue weighted by molar-refractivity contribution is 7.80. The summed E-state index contributed by atoms with van der Waals surface area (Å²) in [6.07, 6.45) is 3.73. The third-order valence-corrected chi connectivity index (χ3v) is 5.45. The van der Waals surface area contributed by atoms with Gasteiger partial charge in [0.2, 0.25) is 0 Å². The van der Waals surface area contributed by atoms with Crippen LogP contribution in [0.15, 0.2) is 60.9 Å². The highest BCUT2D eigenvalue weighted by Gasteiger charge is 2.40. The smallest absolute Gasteiger partial charge is 0.170 e.